The van der Waals surface area contributed by atoms with Gasteiger partial charge in [0.25, 0.3) is 11.8 Å². The van der Waals surface area contributed by atoms with Crippen molar-refractivity contribution >= 4 is 11.8 Å². The third kappa shape index (κ3) is 3.90. The Kier molecular flexibility index (Phi) is 4.74. The van der Waals surface area contributed by atoms with Crippen molar-refractivity contribution in [3.63, 3.8) is 0 Å². The number of carbonyl (C=O) groups excluding carboxylic acids is 2. The summed E-state index contributed by atoms with van der Waals surface area (Å²) in [4.78, 5) is 28.4. The molecule has 0 unspecified atom stereocenters. The van der Waals surface area contributed by atoms with Gasteiger partial charge in [-0.25, -0.2) is 4.98 Å². The van der Waals surface area contributed by atoms with Gasteiger partial charge in [-0.3, -0.25) is 9.59 Å². The van der Waals surface area contributed by atoms with Crippen molar-refractivity contribution in [3.8, 4) is 5.88 Å². The minimum atomic E-state index is -0.341. The summed E-state index contributed by atoms with van der Waals surface area (Å²) >= 11 is 0. The van der Waals surface area contributed by atoms with Crippen molar-refractivity contribution in [3.05, 3.63) is 59.3 Å². The number of carbonyl (C=O) groups is 2. The average molecular weight is 325 g/mol. The molecule has 6 heteroatoms. The third-order valence-electron chi connectivity index (χ3n) is 3.72. The number of rotatable bonds is 6. The molecular formula is C18H19N3O3. The summed E-state index contributed by atoms with van der Waals surface area (Å²) in [5, 5.41) is 5.43. The van der Waals surface area contributed by atoms with Gasteiger partial charge in [0, 0.05) is 19.3 Å². The highest BCUT2D eigenvalue weighted by Gasteiger charge is 2.25. The van der Waals surface area contributed by atoms with Gasteiger partial charge in [-0.05, 0) is 24.5 Å². The second kappa shape index (κ2) is 7.12. The van der Waals surface area contributed by atoms with Crippen molar-refractivity contribution in [2.75, 3.05) is 7.05 Å². The van der Waals surface area contributed by atoms with Gasteiger partial charge in [0.05, 0.1) is 5.56 Å². The molecule has 1 heterocycles. The van der Waals surface area contributed by atoms with Crippen LogP contribution in [0.5, 0.6) is 5.88 Å². The van der Waals surface area contributed by atoms with E-state index in [4.69, 9.17) is 4.74 Å². The molecule has 0 bridgehead atoms. The molecule has 24 heavy (non-hydrogen) atoms. The van der Waals surface area contributed by atoms with E-state index in [0.29, 0.717) is 12.2 Å². The zero-order valence-electron chi connectivity index (χ0n) is 13.4. The molecule has 2 N–H and O–H groups in total. The van der Waals surface area contributed by atoms with E-state index < -0.39 is 0 Å². The summed E-state index contributed by atoms with van der Waals surface area (Å²) in [5.74, 6) is -0.349. The van der Waals surface area contributed by atoms with E-state index in [2.05, 4.69) is 15.6 Å². The molecule has 0 atom stereocenters. The average Bonchev–Trinajstić information content (AvgIpc) is 3.44. The molecule has 1 aromatic carbocycles. The summed E-state index contributed by atoms with van der Waals surface area (Å²) < 4.78 is 5.67. The van der Waals surface area contributed by atoms with Crippen LogP contribution in [-0.2, 0) is 6.61 Å². The highest BCUT2D eigenvalue weighted by atomic mass is 16.5. The van der Waals surface area contributed by atoms with Crippen LogP contribution in [0, 0.1) is 0 Å². The van der Waals surface area contributed by atoms with Gasteiger partial charge >= 0.3 is 0 Å². The van der Waals surface area contributed by atoms with Crippen LogP contribution >= 0.6 is 0 Å². The number of benzene rings is 1. The van der Waals surface area contributed by atoms with Crippen molar-refractivity contribution in [1.82, 2.24) is 15.6 Å². The predicted molar refractivity (Wildman–Crippen MR) is 88.9 cm³/mol. The number of nitrogens with zero attached hydrogens (tertiary/aromatic N) is 1. The molecule has 0 radical (unpaired) electrons. The van der Waals surface area contributed by atoms with Crippen LogP contribution in [-0.4, -0.2) is 29.9 Å². The molecular weight excluding hydrogens is 306 g/mol. The lowest BCUT2D eigenvalue weighted by Crippen LogP contribution is -2.26. The molecule has 124 valence electrons. The SMILES string of the molecule is CNC(=O)c1cc(C(=O)NC2CC2)cnc1OCc1ccccc1. The first-order valence-electron chi connectivity index (χ1n) is 7.87. The number of amides is 2. The second-order valence-corrected chi connectivity index (χ2v) is 5.68. The summed E-state index contributed by atoms with van der Waals surface area (Å²) in [6.45, 7) is 0.297. The van der Waals surface area contributed by atoms with Crippen LogP contribution < -0.4 is 15.4 Å². The molecule has 3 rings (SSSR count). The maximum Gasteiger partial charge on any atom is 0.256 e. The topological polar surface area (TPSA) is 80.3 Å². The van der Waals surface area contributed by atoms with Crippen LogP contribution in [0.15, 0.2) is 42.6 Å². The first kappa shape index (κ1) is 16.0. The van der Waals surface area contributed by atoms with Crippen LogP contribution in [0.1, 0.15) is 39.1 Å². The molecule has 1 aliphatic rings. The largest absolute Gasteiger partial charge is 0.472 e. The van der Waals surface area contributed by atoms with E-state index in [0.717, 1.165) is 18.4 Å². The molecule has 6 nitrogen and oxygen atoms in total. The lowest BCUT2D eigenvalue weighted by molar-refractivity contribution is 0.0950. The predicted octanol–water partition coefficient (Wildman–Crippen LogP) is 1.91. The fourth-order valence-electron chi connectivity index (χ4n) is 2.21. The van der Waals surface area contributed by atoms with E-state index in [1.54, 1.807) is 0 Å². The van der Waals surface area contributed by atoms with E-state index in [9.17, 15) is 9.59 Å². The Hall–Kier alpha value is -2.89. The number of hydrogen-bond acceptors (Lipinski definition) is 4. The Morgan fingerprint density at radius 1 is 1.21 bits per heavy atom. The van der Waals surface area contributed by atoms with Crippen molar-refractivity contribution < 1.29 is 14.3 Å². The lowest BCUT2D eigenvalue weighted by Gasteiger charge is -2.11. The summed E-state index contributed by atoms with van der Waals surface area (Å²) in [7, 11) is 1.53. The molecule has 2 amide bonds. The van der Waals surface area contributed by atoms with Gasteiger partial charge in [-0.1, -0.05) is 30.3 Å². The Morgan fingerprint density at radius 3 is 2.62 bits per heavy atom. The highest BCUT2D eigenvalue weighted by Crippen LogP contribution is 2.21. The van der Waals surface area contributed by atoms with E-state index in [1.165, 1.54) is 19.3 Å². The number of hydrogen-bond donors (Lipinski definition) is 2. The van der Waals surface area contributed by atoms with Crippen LogP contribution in [0.3, 0.4) is 0 Å². The summed E-state index contributed by atoms with van der Waals surface area (Å²) in [6.07, 6.45) is 3.43. The van der Waals surface area contributed by atoms with Crippen molar-refractivity contribution in [1.29, 1.82) is 0 Å². The van der Waals surface area contributed by atoms with Crippen LogP contribution in [0.4, 0.5) is 0 Å². The molecule has 1 fully saturated rings. The van der Waals surface area contributed by atoms with Crippen molar-refractivity contribution in [2.24, 2.45) is 0 Å². The van der Waals surface area contributed by atoms with Crippen LogP contribution in [0.25, 0.3) is 0 Å². The van der Waals surface area contributed by atoms with Crippen molar-refractivity contribution in [2.45, 2.75) is 25.5 Å². The maximum atomic E-state index is 12.1. The lowest BCUT2D eigenvalue weighted by atomic mass is 10.1. The molecule has 1 saturated carbocycles. The smallest absolute Gasteiger partial charge is 0.256 e. The summed E-state index contributed by atoms with van der Waals surface area (Å²) in [6, 6.07) is 11.4. The van der Waals surface area contributed by atoms with Gasteiger partial charge in [0.15, 0.2) is 0 Å². The standard InChI is InChI=1S/C18H19N3O3/c1-19-17(23)15-9-13(16(22)21-14-7-8-14)10-20-18(15)24-11-12-5-3-2-4-6-12/h2-6,9-10,14H,7-8,11H2,1H3,(H,19,23)(H,21,22). The number of pyridine rings is 1. The normalized spacial score (nSPS) is 13.2. The summed E-state index contributed by atoms with van der Waals surface area (Å²) in [5.41, 5.74) is 1.57. The highest BCUT2D eigenvalue weighted by molar-refractivity contribution is 6.00. The monoisotopic (exact) mass is 325 g/mol. The van der Waals surface area contributed by atoms with Gasteiger partial charge in [-0.2, -0.15) is 0 Å². The van der Waals surface area contributed by atoms with Crippen LogP contribution in [0.2, 0.25) is 0 Å². The molecule has 0 spiro atoms. The van der Waals surface area contributed by atoms with Gasteiger partial charge in [-0.15, -0.1) is 0 Å². The van der Waals surface area contributed by atoms with E-state index in [1.807, 2.05) is 30.3 Å². The molecule has 0 saturated heterocycles. The third-order valence-corrected chi connectivity index (χ3v) is 3.72. The first-order valence-corrected chi connectivity index (χ1v) is 7.87. The fourth-order valence-corrected chi connectivity index (χ4v) is 2.21. The second-order valence-electron chi connectivity index (χ2n) is 5.68. The maximum absolute atomic E-state index is 12.1. The van der Waals surface area contributed by atoms with E-state index >= 15 is 0 Å². The van der Waals surface area contributed by atoms with E-state index in [-0.39, 0.29) is 29.3 Å². The molecule has 0 aliphatic heterocycles. The zero-order chi connectivity index (χ0) is 16.9. The Bertz CT molecular complexity index is 742. The molecule has 1 aliphatic carbocycles. The zero-order valence-corrected chi connectivity index (χ0v) is 13.4. The molecule has 1 aromatic heterocycles. The van der Waals surface area contributed by atoms with Gasteiger partial charge in [0.2, 0.25) is 5.88 Å². The first-order chi connectivity index (χ1) is 11.7. The number of ether oxygens (including phenoxy) is 1. The van der Waals surface area contributed by atoms with Gasteiger partial charge < -0.3 is 15.4 Å². The Balaban J connectivity index is 1.79. The quantitative estimate of drug-likeness (QED) is 0.850. The minimum Gasteiger partial charge on any atom is -0.472 e. The Morgan fingerprint density at radius 2 is 1.96 bits per heavy atom. The van der Waals surface area contributed by atoms with Gasteiger partial charge in [0.1, 0.15) is 12.2 Å². The molecule has 2 aromatic rings. The minimum absolute atomic E-state index is 0.209. The number of aromatic nitrogens is 1. The fraction of sp³-hybridized carbons (Fsp3) is 0.278. The number of nitrogens with one attached hydrogen (secondary N) is 2. The Labute approximate surface area is 140 Å².